The van der Waals surface area contributed by atoms with Crippen LogP contribution in [-0.2, 0) is 11.3 Å². The van der Waals surface area contributed by atoms with E-state index in [1.165, 1.54) is 10.8 Å². The van der Waals surface area contributed by atoms with Crippen LogP contribution in [0.25, 0.3) is 11.0 Å². The van der Waals surface area contributed by atoms with E-state index in [-0.39, 0.29) is 12.1 Å². The van der Waals surface area contributed by atoms with Gasteiger partial charge in [-0.1, -0.05) is 12.1 Å². The van der Waals surface area contributed by atoms with Crippen LogP contribution < -0.4 is 16.8 Å². The number of fused-ring (bicyclic) bond motifs is 1. The van der Waals surface area contributed by atoms with Gasteiger partial charge in [-0.3, -0.25) is 19.6 Å². The van der Waals surface area contributed by atoms with Gasteiger partial charge in [0.05, 0.1) is 17.2 Å². The summed E-state index contributed by atoms with van der Waals surface area (Å²) in [4.78, 5) is 26.7. The second kappa shape index (κ2) is 4.11. The van der Waals surface area contributed by atoms with Crippen molar-refractivity contribution >= 4 is 16.9 Å². The van der Waals surface area contributed by atoms with Gasteiger partial charge in [0, 0.05) is 0 Å². The molecule has 0 atom stereocenters. The van der Waals surface area contributed by atoms with Gasteiger partial charge in [0.1, 0.15) is 6.54 Å². The highest BCUT2D eigenvalue weighted by Gasteiger charge is 2.06. The molecule has 0 radical (unpaired) electrons. The Morgan fingerprint density at radius 1 is 1.44 bits per heavy atom. The number of rotatable bonds is 2. The lowest BCUT2D eigenvalue weighted by Gasteiger charge is -2.07. The normalized spacial score (nSPS) is 10.3. The minimum Gasteiger partial charge on any atom is -0.296 e. The third kappa shape index (κ3) is 1.78. The summed E-state index contributed by atoms with van der Waals surface area (Å²) < 4.78 is 1.32. The van der Waals surface area contributed by atoms with E-state index in [4.69, 9.17) is 5.84 Å². The molecule has 1 aromatic carbocycles. The van der Waals surface area contributed by atoms with Crippen molar-refractivity contribution in [3.05, 3.63) is 40.8 Å². The highest BCUT2D eigenvalue weighted by Crippen LogP contribution is 2.07. The molecule has 0 bridgehead atoms. The maximum Gasteiger partial charge on any atom is 0.269 e. The van der Waals surface area contributed by atoms with Crippen molar-refractivity contribution in [3.8, 4) is 0 Å². The van der Waals surface area contributed by atoms with Crippen LogP contribution in [0.3, 0.4) is 0 Å². The van der Waals surface area contributed by atoms with Gasteiger partial charge < -0.3 is 0 Å². The molecule has 1 aromatic heterocycles. The summed E-state index contributed by atoms with van der Waals surface area (Å²) in [5.41, 5.74) is 2.92. The third-order valence-corrected chi connectivity index (χ3v) is 2.22. The lowest BCUT2D eigenvalue weighted by atomic mass is 10.3. The number of hydrogen-bond donors (Lipinski definition) is 2. The minimum absolute atomic E-state index is 0.113. The molecule has 0 saturated heterocycles. The molecule has 0 unspecified atom stereocenters. The summed E-state index contributed by atoms with van der Waals surface area (Å²) in [5.74, 6) is 4.55. The highest BCUT2D eigenvalue weighted by molar-refractivity contribution is 5.79. The lowest BCUT2D eigenvalue weighted by molar-refractivity contribution is -0.121. The zero-order valence-electron chi connectivity index (χ0n) is 8.38. The number of nitrogens with two attached hydrogens (primary N) is 1. The highest BCUT2D eigenvalue weighted by atomic mass is 16.2. The largest absolute Gasteiger partial charge is 0.296 e. The fraction of sp³-hybridized carbons (Fsp3) is 0.100. The molecule has 0 fully saturated rings. The Bertz CT molecular complexity index is 591. The number of carbonyl (C=O) groups is 1. The van der Waals surface area contributed by atoms with Crippen molar-refractivity contribution in [2.24, 2.45) is 5.84 Å². The number of nitrogens with zero attached hydrogens (tertiary/aromatic N) is 2. The number of hydrogen-bond acceptors (Lipinski definition) is 4. The quantitative estimate of drug-likeness (QED) is 0.399. The average molecular weight is 218 g/mol. The molecule has 0 aliphatic heterocycles. The molecule has 16 heavy (non-hydrogen) atoms. The molecule has 6 nitrogen and oxygen atoms in total. The number of hydrazine groups is 1. The van der Waals surface area contributed by atoms with E-state index in [2.05, 4.69) is 4.98 Å². The first-order valence-corrected chi connectivity index (χ1v) is 4.66. The van der Waals surface area contributed by atoms with Crippen molar-refractivity contribution in [1.82, 2.24) is 15.0 Å². The minimum atomic E-state index is -0.432. The van der Waals surface area contributed by atoms with Gasteiger partial charge in [-0.15, -0.1) is 0 Å². The first kappa shape index (κ1) is 10.3. The molecular weight excluding hydrogens is 208 g/mol. The Hall–Kier alpha value is -2.21. The second-order valence-electron chi connectivity index (χ2n) is 3.24. The van der Waals surface area contributed by atoms with Crippen molar-refractivity contribution in [3.63, 3.8) is 0 Å². The fourth-order valence-corrected chi connectivity index (χ4v) is 1.47. The predicted octanol–water partition coefficient (Wildman–Crippen LogP) is -0.614. The monoisotopic (exact) mass is 218 g/mol. The van der Waals surface area contributed by atoms with Gasteiger partial charge in [-0.05, 0) is 12.1 Å². The molecule has 0 aliphatic carbocycles. The molecule has 1 amide bonds. The van der Waals surface area contributed by atoms with Crippen LogP contribution >= 0.6 is 0 Å². The van der Waals surface area contributed by atoms with E-state index in [1.54, 1.807) is 18.2 Å². The molecule has 82 valence electrons. The third-order valence-electron chi connectivity index (χ3n) is 2.22. The van der Waals surface area contributed by atoms with Crippen LogP contribution in [0.2, 0.25) is 0 Å². The Balaban J connectivity index is 2.61. The molecule has 0 aliphatic rings. The van der Waals surface area contributed by atoms with Gasteiger partial charge in [-0.25, -0.2) is 10.8 Å². The number of benzene rings is 1. The van der Waals surface area contributed by atoms with Crippen LogP contribution in [0.1, 0.15) is 0 Å². The van der Waals surface area contributed by atoms with Crippen LogP contribution in [-0.4, -0.2) is 15.5 Å². The Labute approximate surface area is 90.7 Å². The summed E-state index contributed by atoms with van der Waals surface area (Å²) in [6, 6.07) is 7.09. The van der Waals surface area contributed by atoms with E-state index >= 15 is 0 Å². The van der Waals surface area contributed by atoms with E-state index < -0.39 is 5.91 Å². The van der Waals surface area contributed by atoms with Crippen LogP contribution in [0.4, 0.5) is 0 Å². The Kier molecular flexibility index (Phi) is 2.65. The molecule has 2 aromatic rings. The van der Waals surface area contributed by atoms with E-state index in [9.17, 15) is 9.59 Å². The van der Waals surface area contributed by atoms with Crippen LogP contribution in [0.5, 0.6) is 0 Å². The first-order valence-electron chi connectivity index (χ1n) is 4.66. The zero-order chi connectivity index (χ0) is 11.5. The first-order chi connectivity index (χ1) is 7.72. The molecular formula is C10H10N4O2. The molecule has 6 heteroatoms. The summed E-state index contributed by atoms with van der Waals surface area (Å²) >= 11 is 0. The number of aromatic nitrogens is 2. The summed E-state index contributed by atoms with van der Waals surface area (Å²) in [7, 11) is 0. The van der Waals surface area contributed by atoms with Gasteiger partial charge in [0.15, 0.2) is 0 Å². The van der Waals surface area contributed by atoms with Crippen molar-refractivity contribution < 1.29 is 4.79 Å². The molecule has 3 N–H and O–H groups in total. The number of carbonyl (C=O) groups excluding carboxylic acids is 1. The van der Waals surface area contributed by atoms with Crippen molar-refractivity contribution in [2.75, 3.05) is 0 Å². The Morgan fingerprint density at radius 2 is 2.19 bits per heavy atom. The number of para-hydroxylation sites is 2. The van der Waals surface area contributed by atoms with Crippen molar-refractivity contribution in [2.45, 2.75) is 6.54 Å². The summed E-state index contributed by atoms with van der Waals surface area (Å²) in [5, 5.41) is 0. The SMILES string of the molecule is NNC(=O)Cn1c(=O)cnc2ccccc21. The van der Waals surface area contributed by atoms with Gasteiger partial charge in [0.25, 0.3) is 11.5 Å². The lowest BCUT2D eigenvalue weighted by Crippen LogP contribution is -2.36. The smallest absolute Gasteiger partial charge is 0.269 e. The zero-order valence-corrected chi connectivity index (χ0v) is 8.38. The summed E-state index contributed by atoms with van der Waals surface area (Å²) in [6.45, 7) is -0.113. The average Bonchev–Trinajstić information content (AvgIpc) is 2.32. The molecule has 0 saturated carbocycles. The molecule has 0 spiro atoms. The summed E-state index contributed by atoms with van der Waals surface area (Å²) in [6.07, 6.45) is 1.19. The van der Waals surface area contributed by atoms with Crippen LogP contribution in [0.15, 0.2) is 35.3 Å². The van der Waals surface area contributed by atoms with Gasteiger partial charge >= 0.3 is 0 Å². The Morgan fingerprint density at radius 3 is 2.94 bits per heavy atom. The van der Waals surface area contributed by atoms with Crippen molar-refractivity contribution in [1.29, 1.82) is 0 Å². The standard InChI is InChI=1S/C10H10N4O2/c11-13-9(15)6-14-8-4-2-1-3-7(8)12-5-10(14)16/h1-5H,6,11H2,(H,13,15). The second-order valence-corrected chi connectivity index (χ2v) is 3.24. The number of amides is 1. The van der Waals surface area contributed by atoms with Gasteiger partial charge in [0.2, 0.25) is 0 Å². The number of nitrogens with one attached hydrogen (secondary N) is 1. The molecule has 2 rings (SSSR count). The fourth-order valence-electron chi connectivity index (χ4n) is 1.47. The maximum atomic E-state index is 11.6. The molecule has 1 heterocycles. The van der Waals surface area contributed by atoms with E-state index in [1.807, 2.05) is 11.5 Å². The van der Waals surface area contributed by atoms with Crippen LogP contribution in [0, 0.1) is 0 Å². The maximum absolute atomic E-state index is 11.6. The van der Waals surface area contributed by atoms with Gasteiger partial charge in [-0.2, -0.15) is 0 Å². The van der Waals surface area contributed by atoms with E-state index in [0.717, 1.165) is 0 Å². The topological polar surface area (TPSA) is 90.0 Å². The van der Waals surface area contributed by atoms with E-state index in [0.29, 0.717) is 11.0 Å². The predicted molar refractivity (Wildman–Crippen MR) is 58.3 cm³/mol.